The van der Waals surface area contributed by atoms with E-state index in [2.05, 4.69) is 10.3 Å². The van der Waals surface area contributed by atoms with Crippen molar-refractivity contribution in [3.05, 3.63) is 69.9 Å². The first kappa shape index (κ1) is 15.9. The number of pyridine rings is 1. The molecule has 0 bridgehead atoms. The predicted octanol–water partition coefficient (Wildman–Crippen LogP) is 1.55. The summed E-state index contributed by atoms with van der Waals surface area (Å²) in [4.78, 5) is 27.4. The molecule has 0 saturated heterocycles. The van der Waals surface area contributed by atoms with Gasteiger partial charge in [-0.1, -0.05) is 12.1 Å². The second-order valence-electron chi connectivity index (χ2n) is 5.18. The molecule has 1 heterocycles. The van der Waals surface area contributed by atoms with E-state index in [-0.39, 0.29) is 23.3 Å². The first-order valence-corrected chi connectivity index (χ1v) is 6.86. The van der Waals surface area contributed by atoms with Gasteiger partial charge in [-0.3, -0.25) is 9.59 Å². The summed E-state index contributed by atoms with van der Waals surface area (Å²) in [5.41, 5.74) is 1.04. The summed E-state index contributed by atoms with van der Waals surface area (Å²) in [6.07, 6.45) is 1.38. The Labute approximate surface area is 127 Å². The normalized spacial score (nSPS) is 12.2. The van der Waals surface area contributed by atoms with E-state index in [0.29, 0.717) is 12.1 Å². The molecule has 0 fully saturated rings. The van der Waals surface area contributed by atoms with Gasteiger partial charge in [-0.25, -0.2) is 4.39 Å². The Morgan fingerprint density at radius 2 is 1.91 bits per heavy atom. The van der Waals surface area contributed by atoms with Crippen LogP contribution in [-0.2, 0) is 0 Å². The molecule has 2 aromatic rings. The molecule has 0 radical (unpaired) electrons. The van der Waals surface area contributed by atoms with E-state index in [0.717, 1.165) is 5.56 Å². The molecular weight excluding hydrogens is 285 g/mol. The first-order chi connectivity index (χ1) is 10.5. The lowest BCUT2D eigenvalue weighted by molar-refractivity contribution is 0.0941. The number of rotatable bonds is 5. The third kappa shape index (κ3) is 4.02. The first-order valence-electron chi connectivity index (χ1n) is 6.86. The van der Waals surface area contributed by atoms with Crippen molar-refractivity contribution in [2.24, 2.45) is 0 Å². The fourth-order valence-corrected chi connectivity index (χ4v) is 2.13. The highest BCUT2D eigenvalue weighted by Gasteiger charge is 2.16. The molecule has 116 valence electrons. The Kier molecular flexibility index (Phi) is 5.06. The third-order valence-corrected chi connectivity index (χ3v) is 3.38. The van der Waals surface area contributed by atoms with Crippen LogP contribution >= 0.6 is 0 Å². The van der Waals surface area contributed by atoms with E-state index in [1.54, 1.807) is 12.1 Å². The number of aromatic amines is 1. The molecule has 5 nitrogen and oxygen atoms in total. The summed E-state index contributed by atoms with van der Waals surface area (Å²) >= 11 is 0. The van der Waals surface area contributed by atoms with Gasteiger partial charge in [0.25, 0.3) is 5.91 Å². The Morgan fingerprint density at radius 1 is 1.23 bits per heavy atom. The van der Waals surface area contributed by atoms with Crippen LogP contribution in [0.15, 0.2) is 47.4 Å². The van der Waals surface area contributed by atoms with Gasteiger partial charge in [0.05, 0.1) is 11.6 Å². The van der Waals surface area contributed by atoms with Gasteiger partial charge < -0.3 is 15.2 Å². The van der Waals surface area contributed by atoms with Crippen molar-refractivity contribution in [1.82, 2.24) is 15.2 Å². The number of aromatic nitrogens is 1. The van der Waals surface area contributed by atoms with Crippen molar-refractivity contribution < 1.29 is 9.18 Å². The van der Waals surface area contributed by atoms with Crippen LogP contribution in [0.4, 0.5) is 4.39 Å². The summed E-state index contributed by atoms with van der Waals surface area (Å²) in [5, 5.41) is 2.82. The lowest BCUT2D eigenvalue weighted by Gasteiger charge is -2.25. The van der Waals surface area contributed by atoms with Gasteiger partial charge in [-0.05, 0) is 37.9 Å². The molecule has 1 aromatic heterocycles. The van der Waals surface area contributed by atoms with E-state index >= 15 is 0 Å². The number of H-pyrrole nitrogens is 1. The van der Waals surface area contributed by atoms with E-state index in [9.17, 15) is 14.0 Å². The molecule has 1 amide bonds. The number of hydrogen-bond donors (Lipinski definition) is 2. The van der Waals surface area contributed by atoms with Gasteiger partial charge in [0.15, 0.2) is 0 Å². The highest BCUT2D eigenvalue weighted by Crippen LogP contribution is 2.17. The zero-order valence-corrected chi connectivity index (χ0v) is 12.5. The molecule has 1 aromatic carbocycles. The monoisotopic (exact) mass is 303 g/mol. The highest BCUT2D eigenvalue weighted by atomic mass is 19.1. The van der Waals surface area contributed by atoms with Gasteiger partial charge in [0.1, 0.15) is 5.82 Å². The van der Waals surface area contributed by atoms with Gasteiger partial charge in [0, 0.05) is 18.8 Å². The fraction of sp³-hybridized carbons (Fsp3) is 0.250. The van der Waals surface area contributed by atoms with E-state index in [1.807, 2.05) is 19.0 Å². The minimum atomic E-state index is -0.293. The van der Waals surface area contributed by atoms with Crippen LogP contribution in [0.1, 0.15) is 22.0 Å². The SMILES string of the molecule is CN(C)[C@@H](CNC(=O)c1ccc(=O)[nH]c1)c1ccc(F)cc1. The van der Waals surface area contributed by atoms with E-state index in [4.69, 9.17) is 0 Å². The molecule has 0 unspecified atom stereocenters. The van der Waals surface area contributed by atoms with E-state index < -0.39 is 0 Å². The maximum absolute atomic E-state index is 13.0. The van der Waals surface area contributed by atoms with Gasteiger partial charge in [-0.15, -0.1) is 0 Å². The van der Waals surface area contributed by atoms with Crippen molar-refractivity contribution in [2.75, 3.05) is 20.6 Å². The molecule has 2 N–H and O–H groups in total. The van der Waals surface area contributed by atoms with E-state index in [1.165, 1.54) is 30.5 Å². The number of carbonyl (C=O) groups is 1. The summed E-state index contributed by atoms with van der Waals surface area (Å²) in [5.74, 6) is -0.566. The Bertz CT molecular complexity index is 675. The van der Waals surface area contributed by atoms with Crippen LogP contribution in [0.2, 0.25) is 0 Å². The smallest absolute Gasteiger partial charge is 0.252 e. The van der Waals surface area contributed by atoms with Crippen LogP contribution in [0, 0.1) is 5.82 Å². The zero-order chi connectivity index (χ0) is 16.1. The number of likely N-dealkylation sites (N-methyl/N-ethyl adjacent to an activating group) is 1. The third-order valence-electron chi connectivity index (χ3n) is 3.38. The van der Waals surface area contributed by atoms with Crippen molar-refractivity contribution in [3.63, 3.8) is 0 Å². The number of nitrogens with one attached hydrogen (secondary N) is 2. The minimum absolute atomic E-state index is 0.0766. The van der Waals surface area contributed by atoms with Crippen LogP contribution in [0.5, 0.6) is 0 Å². The molecule has 1 atom stereocenters. The van der Waals surface area contributed by atoms with Crippen molar-refractivity contribution in [1.29, 1.82) is 0 Å². The Morgan fingerprint density at radius 3 is 2.45 bits per heavy atom. The van der Waals surface area contributed by atoms with Gasteiger partial charge >= 0.3 is 0 Å². The van der Waals surface area contributed by atoms with Crippen LogP contribution in [-0.4, -0.2) is 36.4 Å². The summed E-state index contributed by atoms with van der Waals surface area (Å²) in [6.45, 7) is 0.372. The average molecular weight is 303 g/mol. The summed E-state index contributed by atoms with van der Waals surface area (Å²) < 4.78 is 13.0. The quantitative estimate of drug-likeness (QED) is 0.881. The molecule has 22 heavy (non-hydrogen) atoms. The molecule has 0 aliphatic carbocycles. The van der Waals surface area contributed by atoms with Crippen LogP contribution in [0.3, 0.4) is 0 Å². The minimum Gasteiger partial charge on any atom is -0.350 e. The maximum Gasteiger partial charge on any atom is 0.252 e. The van der Waals surface area contributed by atoms with Gasteiger partial charge in [0.2, 0.25) is 5.56 Å². The number of nitrogens with zero attached hydrogens (tertiary/aromatic N) is 1. The van der Waals surface area contributed by atoms with Crippen molar-refractivity contribution >= 4 is 5.91 Å². The Balaban J connectivity index is 2.06. The number of benzene rings is 1. The standard InChI is InChI=1S/C16H18FN3O2/c1-20(2)14(11-3-6-13(17)7-4-11)10-19-16(22)12-5-8-15(21)18-9-12/h3-9,14H,10H2,1-2H3,(H,18,21)(H,19,22)/t14-/m0/s1. The molecule has 2 rings (SSSR count). The van der Waals surface area contributed by atoms with Gasteiger partial charge in [-0.2, -0.15) is 0 Å². The topological polar surface area (TPSA) is 65.2 Å². The molecule has 0 aliphatic heterocycles. The molecule has 0 aliphatic rings. The second-order valence-corrected chi connectivity index (χ2v) is 5.18. The molecular formula is C16H18FN3O2. The average Bonchev–Trinajstić information content (AvgIpc) is 2.49. The predicted molar refractivity (Wildman–Crippen MR) is 82.2 cm³/mol. The second kappa shape index (κ2) is 7.00. The number of halogens is 1. The molecule has 0 spiro atoms. The van der Waals surface area contributed by atoms with Crippen molar-refractivity contribution in [3.8, 4) is 0 Å². The van der Waals surface area contributed by atoms with Crippen molar-refractivity contribution in [2.45, 2.75) is 6.04 Å². The summed E-state index contributed by atoms with van der Waals surface area (Å²) in [7, 11) is 3.78. The highest BCUT2D eigenvalue weighted by molar-refractivity contribution is 5.93. The molecule has 0 saturated carbocycles. The Hall–Kier alpha value is -2.47. The number of hydrogen-bond acceptors (Lipinski definition) is 3. The molecule has 6 heteroatoms. The van der Waals surface area contributed by atoms with Crippen LogP contribution < -0.4 is 10.9 Å². The number of carbonyl (C=O) groups excluding carboxylic acids is 1. The zero-order valence-electron chi connectivity index (χ0n) is 12.5. The number of amides is 1. The lowest BCUT2D eigenvalue weighted by Crippen LogP contribution is -2.34. The lowest BCUT2D eigenvalue weighted by atomic mass is 10.1. The maximum atomic E-state index is 13.0. The fourth-order valence-electron chi connectivity index (χ4n) is 2.13. The summed E-state index contributed by atoms with van der Waals surface area (Å²) in [6, 6.07) is 8.89. The van der Waals surface area contributed by atoms with Crippen LogP contribution in [0.25, 0.3) is 0 Å². The largest absolute Gasteiger partial charge is 0.350 e.